The highest BCUT2D eigenvalue weighted by molar-refractivity contribution is 6.07. The van der Waals surface area contributed by atoms with Crippen molar-refractivity contribution in [2.45, 2.75) is 91.4 Å². The molecule has 0 saturated heterocycles. The van der Waals surface area contributed by atoms with Gasteiger partial charge in [0.25, 0.3) is 0 Å². The highest BCUT2D eigenvalue weighted by atomic mass is 16.5. The Labute approximate surface area is 213 Å². The van der Waals surface area contributed by atoms with E-state index < -0.39 is 16.6 Å². The van der Waals surface area contributed by atoms with E-state index in [2.05, 4.69) is 34.6 Å². The van der Waals surface area contributed by atoms with Crippen LogP contribution < -0.4 is 0 Å². The molecule has 4 aliphatic rings. The lowest BCUT2D eigenvalue weighted by molar-refractivity contribution is -0.212. The summed E-state index contributed by atoms with van der Waals surface area (Å²) in [5.41, 5.74) is -0.132. The van der Waals surface area contributed by atoms with E-state index in [-0.39, 0.29) is 50.8 Å². The Morgan fingerprint density at radius 1 is 0.972 bits per heavy atom. The number of carbonyl (C=O) groups is 3. The zero-order valence-electron chi connectivity index (χ0n) is 22.5. The number of benzene rings is 1. The zero-order chi connectivity index (χ0) is 26.5. The van der Waals surface area contributed by atoms with Gasteiger partial charge in [0.15, 0.2) is 23.6 Å². The van der Waals surface area contributed by atoms with Crippen molar-refractivity contribution < 1.29 is 29.3 Å². The molecule has 1 aromatic rings. The Balaban J connectivity index is 1.64. The third-order valence-corrected chi connectivity index (χ3v) is 12.1. The molecule has 0 amide bonds. The van der Waals surface area contributed by atoms with Gasteiger partial charge in [-0.05, 0) is 97.0 Å². The summed E-state index contributed by atoms with van der Waals surface area (Å²) in [4.78, 5) is 38.3. The first-order valence-corrected chi connectivity index (χ1v) is 13.4. The lowest BCUT2D eigenvalue weighted by atomic mass is 9.32. The minimum atomic E-state index is -0.510. The lowest BCUT2D eigenvalue weighted by Crippen LogP contribution is -2.66. The molecule has 1 aromatic carbocycles. The second kappa shape index (κ2) is 7.58. The Bertz CT molecular complexity index is 1170. The van der Waals surface area contributed by atoms with Gasteiger partial charge in [-0.1, -0.05) is 27.7 Å². The monoisotopic (exact) mass is 496 g/mol. The maximum Gasteiger partial charge on any atom is 0.311 e. The summed E-state index contributed by atoms with van der Waals surface area (Å²) < 4.78 is 5.24. The van der Waals surface area contributed by atoms with Crippen LogP contribution in [0.1, 0.15) is 112 Å². The lowest BCUT2D eigenvalue weighted by Gasteiger charge is -2.71. The number of methoxy groups -OCH3 is 1. The summed E-state index contributed by atoms with van der Waals surface area (Å²) in [6.07, 6.45) is 7.23. The molecular formula is C30H40O6. The first kappa shape index (κ1) is 25.3. The molecule has 0 radical (unpaired) electrons. The number of carbonyl (C=O) groups excluding carboxylic acids is 3. The minimum absolute atomic E-state index is 0.0306. The van der Waals surface area contributed by atoms with Crippen molar-refractivity contribution in [2.24, 2.45) is 33.5 Å². The number of rotatable bonds is 2. The van der Waals surface area contributed by atoms with Gasteiger partial charge in [-0.2, -0.15) is 0 Å². The van der Waals surface area contributed by atoms with Gasteiger partial charge in [0.1, 0.15) is 0 Å². The number of aromatic hydroxyl groups is 2. The van der Waals surface area contributed by atoms with E-state index in [0.29, 0.717) is 24.2 Å². The van der Waals surface area contributed by atoms with Crippen molar-refractivity contribution in [3.8, 4) is 11.5 Å². The van der Waals surface area contributed by atoms with Crippen LogP contribution in [0, 0.1) is 33.5 Å². The highest BCUT2D eigenvalue weighted by Gasteiger charge is 2.69. The Morgan fingerprint density at radius 3 is 2.22 bits per heavy atom. The molecule has 6 nitrogen and oxygen atoms in total. The van der Waals surface area contributed by atoms with Crippen LogP contribution in [-0.4, -0.2) is 35.4 Å². The second-order valence-electron chi connectivity index (χ2n) is 13.6. The minimum Gasteiger partial charge on any atom is -0.504 e. The molecule has 7 atom stereocenters. The molecule has 3 fully saturated rings. The molecule has 7 unspecified atom stereocenters. The summed E-state index contributed by atoms with van der Waals surface area (Å²) in [5.74, 6) is -0.763. The molecule has 3 saturated carbocycles. The number of aldehydes is 1. The normalized spacial score (nSPS) is 43.4. The van der Waals surface area contributed by atoms with E-state index in [0.717, 1.165) is 44.9 Å². The van der Waals surface area contributed by atoms with Crippen LogP contribution >= 0.6 is 0 Å². The fraction of sp³-hybridized carbons (Fsp3) is 0.700. The van der Waals surface area contributed by atoms with Crippen molar-refractivity contribution in [3.63, 3.8) is 0 Å². The summed E-state index contributed by atoms with van der Waals surface area (Å²) in [7, 11) is 1.48. The number of hydrogen-bond acceptors (Lipinski definition) is 6. The Kier molecular flexibility index (Phi) is 5.32. The van der Waals surface area contributed by atoms with Crippen LogP contribution in [0.2, 0.25) is 0 Å². The number of phenolic OH excluding ortho intramolecular Hbond substituents is 2. The van der Waals surface area contributed by atoms with Gasteiger partial charge in [-0.3, -0.25) is 14.4 Å². The van der Waals surface area contributed by atoms with Crippen LogP contribution in [-0.2, 0) is 14.9 Å². The molecule has 4 aliphatic carbocycles. The number of phenols is 2. The Hall–Kier alpha value is -2.37. The SMILES string of the molecule is COC(=O)C1(C)CCC2(C)CCC3(C)C4CC(=O)c5c(cc(O)c(O)c5C=O)C4(C)CCC3(C)C2C1. The Morgan fingerprint density at radius 2 is 1.58 bits per heavy atom. The van der Waals surface area contributed by atoms with Crippen molar-refractivity contribution in [1.29, 1.82) is 0 Å². The predicted octanol–water partition coefficient (Wildman–Crippen LogP) is 5.96. The van der Waals surface area contributed by atoms with E-state index in [1.54, 1.807) is 0 Å². The maximum absolute atomic E-state index is 13.6. The van der Waals surface area contributed by atoms with Crippen LogP contribution in [0.4, 0.5) is 0 Å². The van der Waals surface area contributed by atoms with Crippen LogP contribution in [0.5, 0.6) is 11.5 Å². The second-order valence-corrected chi connectivity index (χ2v) is 13.6. The van der Waals surface area contributed by atoms with E-state index in [4.69, 9.17) is 4.74 Å². The van der Waals surface area contributed by atoms with Crippen LogP contribution in [0.25, 0.3) is 0 Å². The molecule has 36 heavy (non-hydrogen) atoms. The van der Waals surface area contributed by atoms with Crippen molar-refractivity contribution in [1.82, 2.24) is 0 Å². The third-order valence-electron chi connectivity index (χ3n) is 12.1. The fourth-order valence-corrected chi connectivity index (χ4v) is 9.52. The fourth-order valence-electron chi connectivity index (χ4n) is 9.52. The van der Waals surface area contributed by atoms with Gasteiger partial charge in [-0.15, -0.1) is 0 Å². The molecule has 196 valence electrons. The summed E-state index contributed by atoms with van der Waals surface area (Å²) >= 11 is 0. The molecular weight excluding hydrogens is 456 g/mol. The van der Waals surface area contributed by atoms with Gasteiger partial charge >= 0.3 is 5.97 Å². The standard InChI is InChI=1S/C30H40O6/c1-26-7-8-27(2,25(35)36-6)15-22(26)30(5)12-10-28(3)18-13-20(33)24(34)17(16-31)23(18)19(32)14-21(28)29(30,4)11-9-26/h13,16,21-22,33-34H,7-12,14-15H2,1-6H3. The van der Waals surface area contributed by atoms with Gasteiger partial charge in [0.05, 0.1) is 18.1 Å². The quantitative estimate of drug-likeness (QED) is 0.298. The number of Topliss-reactive ketones (excluding diaryl/α,β-unsaturated/α-hetero) is 1. The molecule has 0 heterocycles. The summed E-state index contributed by atoms with van der Waals surface area (Å²) in [5, 5.41) is 20.8. The van der Waals surface area contributed by atoms with Gasteiger partial charge < -0.3 is 14.9 Å². The van der Waals surface area contributed by atoms with E-state index >= 15 is 0 Å². The average Bonchev–Trinajstić information content (AvgIpc) is 2.84. The number of esters is 1. The molecule has 6 heteroatoms. The molecule has 0 spiro atoms. The zero-order valence-corrected chi connectivity index (χ0v) is 22.5. The largest absolute Gasteiger partial charge is 0.504 e. The number of ketones is 1. The van der Waals surface area contributed by atoms with Gasteiger partial charge in [0, 0.05) is 12.0 Å². The third kappa shape index (κ3) is 2.93. The van der Waals surface area contributed by atoms with E-state index in [9.17, 15) is 24.6 Å². The van der Waals surface area contributed by atoms with Crippen LogP contribution in [0.15, 0.2) is 6.07 Å². The predicted molar refractivity (Wildman–Crippen MR) is 135 cm³/mol. The van der Waals surface area contributed by atoms with Gasteiger partial charge in [0.2, 0.25) is 0 Å². The van der Waals surface area contributed by atoms with Crippen molar-refractivity contribution >= 4 is 18.0 Å². The molecule has 0 aliphatic heterocycles. The maximum atomic E-state index is 13.6. The summed E-state index contributed by atoms with van der Waals surface area (Å²) in [6.45, 7) is 11.4. The van der Waals surface area contributed by atoms with Gasteiger partial charge in [-0.25, -0.2) is 0 Å². The number of fused-ring (bicyclic) bond motifs is 7. The molecule has 0 bridgehead atoms. The van der Waals surface area contributed by atoms with Crippen LogP contribution in [0.3, 0.4) is 0 Å². The highest BCUT2D eigenvalue weighted by Crippen LogP contribution is 2.75. The average molecular weight is 497 g/mol. The smallest absolute Gasteiger partial charge is 0.311 e. The first-order chi connectivity index (χ1) is 16.7. The molecule has 0 aromatic heterocycles. The first-order valence-electron chi connectivity index (χ1n) is 13.4. The summed E-state index contributed by atoms with van der Waals surface area (Å²) in [6, 6.07) is 1.52. The topological polar surface area (TPSA) is 101 Å². The number of ether oxygens (including phenoxy) is 1. The van der Waals surface area contributed by atoms with Crippen molar-refractivity contribution in [2.75, 3.05) is 7.11 Å². The molecule has 2 N–H and O–H groups in total. The van der Waals surface area contributed by atoms with Crippen molar-refractivity contribution in [3.05, 3.63) is 22.8 Å². The van der Waals surface area contributed by atoms with E-state index in [1.807, 2.05) is 0 Å². The molecule has 5 rings (SSSR count). The number of hydrogen-bond donors (Lipinski definition) is 2. The van der Waals surface area contributed by atoms with E-state index in [1.165, 1.54) is 13.2 Å².